The van der Waals surface area contributed by atoms with Crippen LogP contribution in [0.15, 0.2) is 0 Å². The first-order chi connectivity index (χ1) is 46.0. The summed E-state index contributed by atoms with van der Waals surface area (Å²) in [5.74, 6) is -0.821. The summed E-state index contributed by atoms with van der Waals surface area (Å²) in [4.78, 5) is 87.4. The van der Waals surface area contributed by atoms with Crippen molar-refractivity contribution in [2.45, 2.75) is 103 Å². The van der Waals surface area contributed by atoms with Crippen molar-refractivity contribution in [2.24, 2.45) is 22.9 Å². The van der Waals surface area contributed by atoms with Gasteiger partial charge in [0.05, 0.1) is 48.4 Å². The van der Waals surface area contributed by atoms with E-state index in [0.29, 0.717) is 71.4 Å². The van der Waals surface area contributed by atoms with Crippen molar-refractivity contribution in [3.8, 4) is 0 Å². The highest BCUT2D eigenvalue weighted by Gasteiger charge is 2.16. The normalized spacial score (nSPS) is 11.8. The second-order valence-electron chi connectivity index (χ2n) is 26.1. The molecule has 0 aromatic heterocycles. The first kappa shape index (κ1) is 96.8. The molecule has 0 bridgehead atoms. The number of ether oxygens (including phenoxy) is 5. The average molecular weight is 1380 g/mol. The van der Waals surface area contributed by atoms with Gasteiger partial charge < -0.3 is 95.6 Å². The van der Waals surface area contributed by atoms with Gasteiger partial charge in [0.1, 0.15) is 0 Å². The van der Waals surface area contributed by atoms with Gasteiger partial charge in [-0.15, -0.1) is 0 Å². The van der Waals surface area contributed by atoms with Crippen molar-refractivity contribution in [1.29, 1.82) is 0 Å². The van der Waals surface area contributed by atoms with Crippen LogP contribution in [0.2, 0.25) is 0 Å². The smallest absolute Gasteiger partial charge is 0.306 e. The molecule has 0 aliphatic rings. The maximum atomic E-state index is 11.5. The van der Waals surface area contributed by atoms with E-state index in [-0.39, 0.29) is 29.8 Å². The first-order valence-corrected chi connectivity index (χ1v) is 36.2. The molecular weight excluding hydrogens is 1230 g/mol. The predicted octanol–water partition coefficient (Wildman–Crippen LogP) is 1.12. The number of carbonyl (C=O) groups excluding carboxylic acids is 5. The monoisotopic (exact) mass is 1380 g/mol. The minimum Gasteiger partial charge on any atom is -0.469 e. The molecule has 0 radical (unpaired) electrons. The van der Waals surface area contributed by atoms with Crippen molar-refractivity contribution in [3.05, 3.63) is 0 Å². The minimum absolute atomic E-state index is 0.100. The Labute approximate surface area is 586 Å². The summed E-state index contributed by atoms with van der Waals surface area (Å²) >= 11 is 0. The second kappa shape index (κ2) is 68.8. The van der Waals surface area contributed by atoms with Crippen molar-refractivity contribution in [2.75, 3.05) is 321 Å². The highest BCUT2D eigenvalue weighted by molar-refractivity contribution is 5.70. The molecule has 0 saturated heterocycles. The maximum Gasteiger partial charge on any atom is 0.306 e. The predicted molar refractivity (Wildman–Crippen MR) is 394 cm³/mol. The Morgan fingerprint density at radius 3 is 0.594 bits per heavy atom. The lowest BCUT2D eigenvalue weighted by atomic mass is 10.2. The summed E-state index contributed by atoms with van der Waals surface area (Å²) in [6.45, 7) is 34.3. The van der Waals surface area contributed by atoms with Gasteiger partial charge in [-0.3, -0.25) is 38.7 Å². The summed E-state index contributed by atoms with van der Waals surface area (Å²) in [7, 11) is 26.5. The lowest BCUT2D eigenvalue weighted by Gasteiger charge is -2.30. The Morgan fingerprint density at radius 1 is 0.219 bits per heavy atom. The Hall–Kier alpha value is -3.33. The van der Waals surface area contributed by atoms with E-state index in [1.165, 1.54) is 42.0 Å². The third-order valence-electron chi connectivity index (χ3n) is 17.3. The van der Waals surface area contributed by atoms with Crippen LogP contribution in [0.1, 0.15) is 103 Å². The number of unbranched alkanes of at least 4 members (excludes halogenated alkanes) is 6. The number of nitrogens with two attached hydrogens (primary N) is 4. The molecule has 572 valence electrons. The van der Waals surface area contributed by atoms with Gasteiger partial charge >= 0.3 is 29.8 Å². The van der Waals surface area contributed by atoms with Gasteiger partial charge in [-0.25, -0.2) is 0 Å². The third kappa shape index (κ3) is 65.3. The molecule has 8 N–H and O–H groups in total. The lowest BCUT2D eigenvalue weighted by molar-refractivity contribution is -0.142. The van der Waals surface area contributed by atoms with Crippen LogP contribution in [0.4, 0.5) is 0 Å². The largest absolute Gasteiger partial charge is 0.469 e. The summed E-state index contributed by atoms with van der Waals surface area (Å²) in [6.07, 6.45) is 12.6. The van der Waals surface area contributed by atoms with E-state index < -0.39 is 0 Å². The van der Waals surface area contributed by atoms with Crippen LogP contribution in [0, 0.1) is 0 Å². The molecule has 96 heavy (non-hydrogen) atoms. The number of likely N-dealkylation sites (N-methyl/N-ethyl adjacent to an activating group) is 9. The standard InChI is InChI=1S/C25H53N5O4.C23H51N7O4.C21H47N5O2/c1-27(15-10-6-8-12-24(31)33-4)18-21-30(23-20-29(3)17-14-26)22-19-28(2)16-11-7-9-13-25(32)34-5;1-26(12-8-24)14-19-30(20-15-27(2)13-9-25)21-17-28(3)16-18-29(10-6-22(31)33-4)11-7-23(32)34-5;1-6-12-23(2)15-18-26(20-17-25(4)14-11-22)19-16-24(3)13-9-7-8-10-21(27)28-5/h6-23,26H2,1-5H3;6-21,24-25H2,1-5H3;6-20,22H2,1-5H3. The van der Waals surface area contributed by atoms with E-state index in [2.05, 4.69) is 139 Å². The van der Waals surface area contributed by atoms with Crippen molar-refractivity contribution in [1.82, 2.24) is 63.7 Å². The number of esters is 5. The molecule has 0 heterocycles. The molecule has 0 atom stereocenters. The maximum absolute atomic E-state index is 11.5. The van der Waals surface area contributed by atoms with Crippen LogP contribution in [0.3, 0.4) is 0 Å². The quantitative estimate of drug-likeness (QED) is 0.0377. The van der Waals surface area contributed by atoms with E-state index in [1.807, 2.05) is 0 Å². The van der Waals surface area contributed by atoms with Gasteiger partial charge in [0, 0.05) is 216 Å². The number of methoxy groups -OCH3 is 5. The zero-order valence-corrected chi connectivity index (χ0v) is 64.4. The topological polar surface area (TPSA) is 278 Å². The fourth-order valence-corrected chi connectivity index (χ4v) is 10.2. The zero-order valence-electron chi connectivity index (χ0n) is 64.4. The second-order valence-corrected chi connectivity index (χ2v) is 26.1. The van der Waals surface area contributed by atoms with Gasteiger partial charge in [-0.05, 0) is 135 Å². The summed E-state index contributed by atoms with van der Waals surface area (Å²) < 4.78 is 23.6. The van der Waals surface area contributed by atoms with Gasteiger partial charge in [-0.2, -0.15) is 0 Å². The number of carbonyl (C=O) groups is 5. The van der Waals surface area contributed by atoms with Gasteiger partial charge in [-0.1, -0.05) is 26.2 Å². The molecule has 0 aliphatic carbocycles. The highest BCUT2D eigenvalue weighted by atomic mass is 16.5. The molecule has 27 nitrogen and oxygen atoms in total. The average Bonchev–Trinajstić information content (AvgIpc) is 2.54. The molecule has 0 rings (SSSR count). The third-order valence-corrected chi connectivity index (χ3v) is 17.3. The molecule has 0 saturated carbocycles. The Bertz CT molecular complexity index is 1690. The molecule has 0 aromatic carbocycles. The van der Waals surface area contributed by atoms with E-state index in [4.69, 9.17) is 41.9 Å². The molecule has 0 unspecified atom stereocenters. The Balaban J connectivity index is -0.00000136. The van der Waals surface area contributed by atoms with Crippen molar-refractivity contribution < 1.29 is 47.7 Å². The summed E-state index contributed by atoms with van der Waals surface area (Å²) in [5.41, 5.74) is 22.7. The van der Waals surface area contributed by atoms with Crippen molar-refractivity contribution in [3.63, 3.8) is 0 Å². The van der Waals surface area contributed by atoms with Crippen molar-refractivity contribution >= 4 is 29.8 Å². The molecule has 0 aromatic rings. The number of nitrogens with zero attached hydrogens (tertiary/aromatic N) is 13. The summed E-state index contributed by atoms with van der Waals surface area (Å²) in [5, 5.41) is 0. The SMILES string of the molecule is CCCN(C)CCN(CCN(C)CCN)CCN(C)CCCCCC(=O)OC.COC(=O)CCCCCN(C)CCN(CCN(C)CCN)CCN(C)CCCCCC(=O)OC.COC(=O)CCN(CCC(=O)OC)CCN(C)CCN(CCN(C)CCN)CCN(C)CCN. The Morgan fingerprint density at radius 2 is 0.396 bits per heavy atom. The number of rotatable bonds is 64. The molecule has 27 heteroatoms. The van der Waals surface area contributed by atoms with Crippen LogP contribution in [-0.2, 0) is 47.7 Å². The van der Waals surface area contributed by atoms with Crippen LogP contribution in [0.5, 0.6) is 0 Å². The first-order valence-electron chi connectivity index (χ1n) is 36.2. The lowest BCUT2D eigenvalue weighted by Crippen LogP contribution is -2.43. The van der Waals surface area contributed by atoms with Crippen LogP contribution in [-0.4, -0.2) is 415 Å². The van der Waals surface area contributed by atoms with Crippen LogP contribution >= 0.6 is 0 Å². The number of hydrogen-bond acceptors (Lipinski definition) is 27. The van der Waals surface area contributed by atoms with Gasteiger partial charge in [0.25, 0.3) is 0 Å². The van der Waals surface area contributed by atoms with Crippen LogP contribution < -0.4 is 22.9 Å². The zero-order chi connectivity index (χ0) is 72.6. The molecule has 0 aliphatic heterocycles. The molecule has 0 amide bonds. The van der Waals surface area contributed by atoms with E-state index in [0.717, 1.165) is 241 Å². The minimum atomic E-state index is -0.244. The fraction of sp³-hybridized carbons (Fsp3) is 0.928. The van der Waals surface area contributed by atoms with E-state index in [1.54, 1.807) is 0 Å². The summed E-state index contributed by atoms with van der Waals surface area (Å²) in [6, 6.07) is 0. The fourth-order valence-electron chi connectivity index (χ4n) is 10.2. The van der Waals surface area contributed by atoms with Gasteiger partial charge in [0.15, 0.2) is 0 Å². The van der Waals surface area contributed by atoms with Crippen LogP contribution in [0.25, 0.3) is 0 Å². The molecule has 0 spiro atoms. The molecule has 0 fully saturated rings. The Kier molecular flexibility index (Phi) is 69.4. The van der Waals surface area contributed by atoms with Gasteiger partial charge in [0.2, 0.25) is 0 Å². The van der Waals surface area contributed by atoms with E-state index >= 15 is 0 Å². The highest BCUT2D eigenvalue weighted by Crippen LogP contribution is 2.07. The van der Waals surface area contributed by atoms with E-state index in [9.17, 15) is 24.0 Å². The molecular formula is C69H151N17O10. The number of hydrogen-bond donors (Lipinski definition) is 4.